The van der Waals surface area contributed by atoms with Gasteiger partial charge >= 0.3 is 0 Å². The van der Waals surface area contributed by atoms with Crippen LogP contribution in [-0.4, -0.2) is 40.4 Å². The maximum atomic E-state index is 12.0. The van der Waals surface area contributed by atoms with E-state index in [1.165, 1.54) is 0 Å². The first-order valence-corrected chi connectivity index (χ1v) is 7.14. The van der Waals surface area contributed by atoms with Gasteiger partial charge in [0, 0.05) is 24.6 Å². The van der Waals surface area contributed by atoms with Crippen molar-refractivity contribution in [2.24, 2.45) is 0 Å². The summed E-state index contributed by atoms with van der Waals surface area (Å²) in [6.07, 6.45) is 0.779. The second-order valence-electron chi connectivity index (χ2n) is 6.31. The van der Waals surface area contributed by atoms with Crippen molar-refractivity contribution in [3.8, 4) is 0 Å². The Morgan fingerprint density at radius 3 is 2.50 bits per heavy atom. The molecule has 1 amide bonds. The lowest BCUT2D eigenvalue weighted by Gasteiger charge is -2.21. The highest BCUT2D eigenvalue weighted by Crippen LogP contribution is 2.27. The summed E-state index contributed by atoms with van der Waals surface area (Å²) in [5.41, 5.74) is 0.589. The molecule has 2 rings (SSSR count). The molecular formula is C14H21ClN4O. The summed E-state index contributed by atoms with van der Waals surface area (Å²) in [7, 11) is 1.81. The predicted octanol–water partition coefficient (Wildman–Crippen LogP) is 2.38. The maximum Gasteiger partial charge on any atom is 0.244 e. The van der Waals surface area contributed by atoms with Crippen molar-refractivity contribution in [2.75, 3.05) is 18.9 Å². The standard InChI is InChI=1S/C14H21ClN4O/c1-8-10(15)17-13(14(2,3)4)18-11(8)16-9-6-7-19(5)12(9)20/h9H,6-7H2,1-5H3,(H,16,17,18). The Hall–Kier alpha value is -1.36. The number of nitrogens with zero attached hydrogens (tertiary/aromatic N) is 3. The molecule has 1 aliphatic heterocycles. The first kappa shape index (κ1) is 15.0. The number of carbonyl (C=O) groups is 1. The molecule has 1 atom stereocenters. The summed E-state index contributed by atoms with van der Waals surface area (Å²) in [4.78, 5) is 22.6. The van der Waals surface area contributed by atoms with E-state index in [1.807, 2.05) is 34.7 Å². The van der Waals surface area contributed by atoms with Gasteiger partial charge in [-0.25, -0.2) is 9.97 Å². The van der Waals surface area contributed by atoms with Gasteiger partial charge < -0.3 is 10.2 Å². The molecule has 6 heteroatoms. The minimum atomic E-state index is -0.225. The van der Waals surface area contributed by atoms with E-state index in [-0.39, 0.29) is 17.4 Å². The minimum Gasteiger partial charge on any atom is -0.358 e. The van der Waals surface area contributed by atoms with Crippen molar-refractivity contribution in [1.29, 1.82) is 0 Å². The summed E-state index contributed by atoms with van der Waals surface area (Å²) in [5.74, 6) is 1.43. The highest BCUT2D eigenvalue weighted by atomic mass is 35.5. The summed E-state index contributed by atoms with van der Waals surface area (Å²) in [6, 6.07) is -0.225. The second kappa shape index (κ2) is 5.20. The van der Waals surface area contributed by atoms with E-state index in [2.05, 4.69) is 15.3 Å². The number of hydrogen-bond acceptors (Lipinski definition) is 4. The van der Waals surface area contributed by atoms with Gasteiger partial charge in [-0.2, -0.15) is 0 Å². The van der Waals surface area contributed by atoms with Gasteiger partial charge in [0.05, 0.1) is 0 Å². The van der Waals surface area contributed by atoms with E-state index in [1.54, 1.807) is 4.90 Å². The summed E-state index contributed by atoms with van der Waals surface area (Å²) < 4.78 is 0. The molecule has 0 aliphatic carbocycles. The zero-order chi connectivity index (χ0) is 15.1. The molecule has 1 aromatic rings. The monoisotopic (exact) mass is 296 g/mol. The number of anilines is 1. The maximum absolute atomic E-state index is 12.0. The molecule has 1 aliphatic rings. The largest absolute Gasteiger partial charge is 0.358 e. The van der Waals surface area contributed by atoms with Gasteiger partial charge in [0.25, 0.3) is 0 Å². The molecule has 0 bridgehead atoms. The smallest absolute Gasteiger partial charge is 0.244 e. The number of amides is 1. The average Bonchev–Trinajstić information content (AvgIpc) is 2.65. The molecule has 1 saturated heterocycles. The molecular weight excluding hydrogens is 276 g/mol. The van der Waals surface area contributed by atoms with Crippen molar-refractivity contribution in [2.45, 2.75) is 45.6 Å². The lowest BCUT2D eigenvalue weighted by molar-refractivity contribution is -0.127. The molecule has 0 saturated carbocycles. The Labute approximate surface area is 124 Å². The lowest BCUT2D eigenvalue weighted by Crippen LogP contribution is -2.32. The third-order valence-corrected chi connectivity index (χ3v) is 3.86. The fourth-order valence-electron chi connectivity index (χ4n) is 2.09. The van der Waals surface area contributed by atoms with Crippen LogP contribution in [0.3, 0.4) is 0 Å². The van der Waals surface area contributed by atoms with Crippen LogP contribution >= 0.6 is 11.6 Å². The molecule has 1 fully saturated rings. The minimum absolute atomic E-state index is 0.0939. The molecule has 0 spiro atoms. The van der Waals surface area contributed by atoms with Crippen molar-refractivity contribution < 1.29 is 4.79 Å². The Bertz CT molecular complexity index is 539. The zero-order valence-electron chi connectivity index (χ0n) is 12.6. The number of aromatic nitrogens is 2. The van der Waals surface area contributed by atoms with Crippen LogP contribution < -0.4 is 5.32 Å². The van der Waals surface area contributed by atoms with Gasteiger partial charge in [-0.3, -0.25) is 4.79 Å². The van der Waals surface area contributed by atoms with Crippen molar-refractivity contribution in [3.05, 3.63) is 16.5 Å². The van der Waals surface area contributed by atoms with Gasteiger partial charge in [0.1, 0.15) is 22.8 Å². The summed E-state index contributed by atoms with van der Waals surface area (Å²) >= 11 is 6.19. The highest BCUT2D eigenvalue weighted by Gasteiger charge is 2.30. The first-order valence-electron chi connectivity index (χ1n) is 6.76. The van der Waals surface area contributed by atoms with Crippen LogP contribution in [0.25, 0.3) is 0 Å². The Morgan fingerprint density at radius 2 is 2.00 bits per heavy atom. The molecule has 2 heterocycles. The number of likely N-dealkylation sites (N-methyl/N-ethyl adjacent to an activating group) is 1. The molecule has 1 N–H and O–H groups in total. The topological polar surface area (TPSA) is 58.1 Å². The Balaban J connectivity index is 2.32. The van der Waals surface area contributed by atoms with Crippen LogP contribution in [0.1, 0.15) is 38.6 Å². The Morgan fingerprint density at radius 1 is 1.35 bits per heavy atom. The molecule has 1 aromatic heterocycles. The van der Waals surface area contributed by atoms with E-state index in [4.69, 9.17) is 11.6 Å². The normalized spacial score (nSPS) is 19.6. The van der Waals surface area contributed by atoms with Gasteiger partial charge in [0.2, 0.25) is 5.91 Å². The highest BCUT2D eigenvalue weighted by molar-refractivity contribution is 6.30. The molecule has 0 radical (unpaired) electrons. The van der Waals surface area contributed by atoms with E-state index >= 15 is 0 Å². The van der Waals surface area contributed by atoms with Crippen LogP contribution in [0, 0.1) is 6.92 Å². The van der Waals surface area contributed by atoms with Crippen LogP contribution in [-0.2, 0) is 10.2 Å². The van der Waals surface area contributed by atoms with E-state index in [9.17, 15) is 4.79 Å². The van der Waals surface area contributed by atoms with Crippen LogP contribution in [0.5, 0.6) is 0 Å². The number of hydrogen-bond donors (Lipinski definition) is 1. The lowest BCUT2D eigenvalue weighted by atomic mass is 9.95. The van der Waals surface area contributed by atoms with Gasteiger partial charge in [-0.05, 0) is 13.3 Å². The predicted molar refractivity (Wildman–Crippen MR) is 80.1 cm³/mol. The number of rotatable bonds is 2. The van der Waals surface area contributed by atoms with Gasteiger partial charge in [-0.15, -0.1) is 0 Å². The first-order chi connectivity index (χ1) is 9.20. The summed E-state index contributed by atoms with van der Waals surface area (Å²) in [5, 5.41) is 3.65. The SMILES string of the molecule is Cc1c(Cl)nc(C(C)(C)C)nc1NC1CCN(C)C1=O. The van der Waals surface area contributed by atoms with E-state index in [0.29, 0.717) is 16.8 Å². The van der Waals surface area contributed by atoms with Crippen LogP contribution in [0.4, 0.5) is 5.82 Å². The number of halogens is 1. The number of carbonyl (C=O) groups excluding carboxylic acids is 1. The third-order valence-electron chi connectivity index (χ3n) is 3.50. The van der Waals surface area contributed by atoms with E-state index < -0.39 is 0 Å². The van der Waals surface area contributed by atoms with Crippen LogP contribution in [0.2, 0.25) is 5.15 Å². The van der Waals surface area contributed by atoms with Crippen molar-refractivity contribution in [3.63, 3.8) is 0 Å². The molecule has 1 unspecified atom stereocenters. The van der Waals surface area contributed by atoms with Gasteiger partial charge in [-0.1, -0.05) is 32.4 Å². The molecule has 20 heavy (non-hydrogen) atoms. The Kier molecular flexibility index (Phi) is 3.91. The third kappa shape index (κ3) is 2.87. The average molecular weight is 297 g/mol. The summed E-state index contributed by atoms with van der Waals surface area (Å²) in [6.45, 7) is 8.73. The van der Waals surface area contributed by atoms with Crippen molar-refractivity contribution in [1.82, 2.24) is 14.9 Å². The molecule has 0 aromatic carbocycles. The molecule has 5 nitrogen and oxygen atoms in total. The van der Waals surface area contributed by atoms with Gasteiger partial charge in [0.15, 0.2) is 0 Å². The quantitative estimate of drug-likeness (QED) is 0.851. The fraction of sp³-hybridized carbons (Fsp3) is 0.643. The van der Waals surface area contributed by atoms with Crippen LogP contribution in [0.15, 0.2) is 0 Å². The van der Waals surface area contributed by atoms with E-state index in [0.717, 1.165) is 18.5 Å². The van der Waals surface area contributed by atoms with Crippen molar-refractivity contribution >= 4 is 23.3 Å². The second-order valence-corrected chi connectivity index (χ2v) is 6.67. The zero-order valence-corrected chi connectivity index (χ0v) is 13.4. The number of likely N-dealkylation sites (tertiary alicyclic amines) is 1. The number of nitrogens with one attached hydrogen (secondary N) is 1. The molecule has 110 valence electrons. The fourth-order valence-corrected chi connectivity index (χ4v) is 2.26.